The molecule has 4 aromatic carbocycles. The smallest absolute Gasteiger partial charge is 0.0462 e. The van der Waals surface area contributed by atoms with Crippen LogP contribution >= 0.6 is 0 Å². The molecule has 32 heavy (non-hydrogen) atoms. The molecule has 0 saturated heterocycles. The third-order valence-corrected chi connectivity index (χ3v) is 5.74. The Morgan fingerprint density at radius 3 is 1.56 bits per heavy atom. The average Bonchev–Trinajstić information content (AvgIpc) is 2.83. The third kappa shape index (κ3) is 5.18. The second kappa shape index (κ2) is 10.2. The van der Waals surface area contributed by atoms with Gasteiger partial charge in [0.1, 0.15) is 0 Å². The van der Waals surface area contributed by atoms with E-state index in [1.807, 2.05) is 0 Å². The molecule has 0 amide bonds. The molecule has 4 rings (SSSR count). The number of allylic oxidation sites excluding steroid dienone is 1. The summed E-state index contributed by atoms with van der Waals surface area (Å²) in [5.74, 6) is 0. The van der Waals surface area contributed by atoms with Gasteiger partial charge in [-0.3, -0.25) is 0 Å². The molecule has 0 heterocycles. The number of benzene rings is 4. The van der Waals surface area contributed by atoms with E-state index in [1.165, 1.54) is 39.2 Å². The van der Waals surface area contributed by atoms with Gasteiger partial charge in [-0.2, -0.15) is 0 Å². The molecule has 0 atom stereocenters. The van der Waals surface area contributed by atoms with Gasteiger partial charge in [-0.05, 0) is 73.4 Å². The lowest BCUT2D eigenvalue weighted by atomic mass is 9.98. The van der Waals surface area contributed by atoms with E-state index in [2.05, 4.69) is 135 Å². The van der Waals surface area contributed by atoms with Crippen LogP contribution in [0.25, 0.3) is 11.6 Å². The quantitative estimate of drug-likeness (QED) is 0.271. The number of hydrogen-bond acceptors (Lipinski definition) is 1. The van der Waals surface area contributed by atoms with Crippen LogP contribution < -0.4 is 4.90 Å². The summed E-state index contributed by atoms with van der Waals surface area (Å²) in [5.41, 5.74) is 9.94. The Bertz CT molecular complexity index is 1110. The predicted octanol–water partition coefficient (Wildman–Crippen LogP) is 9.11. The Kier molecular flexibility index (Phi) is 6.87. The first-order chi connectivity index (χ1) is 15.6. The van der Waals surface area contributed by atoms with E-state index in [0.29, 0.717) is 0 Å². The molecule has 1 nitrogen and oxygen atoms in total. The van der Waals surface area contributed by atoms with E-state index >= 15 is 0 Å². The van der Waals surface area contributed by atoms with Gasteiger partial charge >= 0.3 is 0 Å². The van der Waals surface area contributed by atoms with Crippen molar-refractivity contribution in [2.45, 2.75) is 33.6 Å². The summed E-state index contributed by atoms with van der Waals surface area (Å²) in [7, 11) is 0. The second-order valence-corrected chi connectivity index (χ2v) is 8.38. The third-order valence-electron chi connectivity index (χ3n) is 5.74. The maximum Gasteiger partial charge on any atom is 0.0462 e. The first-order valence-corrected chi connectivity index (χ1v) is 11.4. The van der Waals surface area contributed by atoms with E-state index in [1.54, 1.807) is 0 Å². The monoisotopic (exact) mass is 417 g/mol. The number of anilines is 3. The van der Waals surface area contributed by atoms with E-state index in [9.17, 15) is 0 Å². The number of aryl methyl sites for hydroxylation is 2. The van der Waals surface area contributed by atoms with Crippen molar-refractivity contribution in [1.82, 2.24) is 0 Å². The van der Waals surface area contributed by atoms with Crippen LogP contribution in [0, 0.1) is 13.8 Å². The minimum atomic E-state index is 1.07. The van der Waals surface area contributed by atoms with Crippen molar-refractivity contribution in [3.63, 3.8) is 0 Å². The highest BCUT2D eigenvalue weighted by atomic mass is 15.1. The maximum absolute atomic E-state index is 2.32. The zero-order chi connectivity index (χ0) is 22.3. The van der Waals surface area contributed by atoms with Crippen LogP contribution in [0.3, 0.4) is 0 Å². The van der Waals surface area contributed by atoms with Gasteiger partial charge in [-0.15, -0.1) is 0 Å². The SMILES string of the molecule is CCC/C(=C/c1ccc(N(c2ccc(C)cc2)c2ccc(C)cc2)cc1)c1ccccc1. The Morgan fingerprint density at radius 2 is 1.09 bits per heavy atom. The van der Waals surface area contributed by atoms with Gasteiger partial charge in [0, 0.05) is 17.1 Å². The summed E-state index contributed by atoms with van der Waals surface area (Å²) in [5, 5.41) is 0. The zero-order valence-electron chi connectivity index (χ0n) is 19.3. The van der Waals surface area contributed by atoms with Crippen LogP contribution in [-0.2, 0) is 0 Å². The molecule has 0 N–H and O–H groups in total. The summed E-state index contributed by atoms with van der Waals surface area (Å²) < 4.78 is 0. The highest BCUT2D eigenvalue weighted by Gasteiger charge is 2.12. The molecule has 0 aliphatic heterocycles. The van der Waals surface area contributed by atoms with E-state index in [-0.39, 0.29) is 0 Å². The fraction of sp³-hybridized carbons (Fsp3) is 0.161. The van der Waals surface area contributed by atoms with Crippen LogP contribution in [0.1, 0.15) is 42.0 Å². The maximum atomic E-state index is 2.32. The molecule has 0 fully saturated rings. The number of nitrogens with zero attached hydrogens (tertiary/aromatic N) is 1. The molecule has 160 valence electrons. The van der Waals surface area contributed by atoms with Gasteiger partial charge in [0.05, 0.1) is 0 Å². The molecule has 0 bridgehead atoms. The minimum absolute atomic E-state index is 1.07. The van der Waals surface area contributed by atoms with Gasteiger partial charge < -0.3 is 4.90 Å². The topological polar surface area (TPSA) is 3.24 Å². The van der Waals surface area contributed by atoms with Gasteiger partial charge in [0.15, 0.2) is 0 Å². The molecule has 0 aliphatic carbocycles. The first-order valence-electron chi connectivity index (χ1n) is 11.4. The zero-order valence-corrected chi connectivity index (χ0v) is 19.3. The Hall–Kier alpha value is -3.58. The predicted molar refractivity (Wildman–Crippen MR) is 140 cm³/mol. The normalized spacial score (nSPS) is 11.4. The van der Waals surface area contributed by atoms with Crippen molar-refractivity contribution in [3.05, 3.63) is 125 Å². The van der Waals surface area contributed by atoms with Crippen molar-refractivity contribution < 1.29 is 0 Å². The van der Waals surface area contributed by atoms with E-state index in [0.717, 1.165) is 18.5 Å². The van der Waals surface area contributed by atoms with Crippen molar-refractivity contribution >= 4 is 28.7 Å². The van der Waals surface area contributed by atoms with E-state index < -0.39 is 0 Å². The summed E-state index contributed by atoms with van der Waals surface area (Å²) in [6.45, 7) is 6.49. The lowest BCUT2D eigenvalue weighted by Gasteiger charge is -2.26. The van der Waals surface area contributed by atoms with Crippen LogP contribution in [0.5, 0.6) is 0 Å². The molecule has 0 aliphatic rings. The van der Waals surface area contributed by atoms with Crippen LogP contribution in [0.15, 0.2) is 103 Å². The Morgan fingerprint density at radius 1 is 0.625 bits per heavy atom. The van der Waals surface area contributed by atoms with Crippen molar-refractivity contribution in [2.24, 2.45) is 0 Å². The molecule has 0 spiro atoms. The lowest BCUT2D eigenvalue weighted by molar-refractivity contribution is 0.976. The minimum Gasteiger partial charge on any atom is -0.311 e. The van der Waals surface area contributed by atoms with Gasteiger partial charge in [-0.1, -0.05) is 97.3 Å². The van der Waals surface area contributed by atoms with Crippen molar-refractivity contribution in [1.29, 1.82) is 0 Å². The van der Waals surface area contributed by atoms with Crippen molar-refractivity contribution in [2.75, 3.05) is 4.90 Å². The molecule has 1 heteroatoms. The largest absolute Gasteiger partial charge is 0.311 e. The summed E-state index contributed by atoms with van der Waals surface area (Å²) in [4.78, 5) is 2.32. The molecule has 0 saturated carbocycles. The van der Waals surface area contributed by atoms with E-state index in [4.69, 9.17) is 0 Å². The van der Waals surface area contributed by atoms with Crippen LogP contribution in [0.2, 0.25) is 0 Å². The van der Waals surface area contributed by atoms with Crippen molar-refractivity contribution in [3.8, 4) is 0 Å². The molecule has 4 aromatic rings. The molecule has 0 aromatic heterocycles. The molecular weight excluding hydrogens is 386 g/mol. The average molecular weight is 418 g/mol. The summed E-state index contributed by atoms with van der Waals surface area (Å²) in [6, 6.07) is 37.1. The van der Waals surface area contributed by atoms with Crippen LogP contribution in [-0.4, -0.2) is 0 Å². The van der Waals surface area contributed by atoms with Gasteiger partial charge in [0.25, 0.3) is 0 Å². The highest BCUT2D eigenvalue weighted by molar-refractivity contribution is 5.83. The highest BCUT2D eigenvalue weighted by Crippen LogP contribution is 2.35. The van der Waals surface area contributed by atoms with Crippen LogP contribution in [0.4, 0.5) is 17.1 Å². The Labute approximate surface area is 192 Å². The molecular formula is C31H31N. The number of hydrogen-bond donors (Lipinski definition) is 0. The first kappa shape index (κ1) is 21.6. The second-order valence-electron chi connectivity index (χ2n) is 8.38. The fourth-order valence-electron chi connectivity index (χ4n) is 3.98. The number of rotatable bonds is 7. The van der Waals surface area contributed by atoms with Gasteiger partial charge in [0.2, 0.25) is 0 Å². The Balaban J connectivity index is 1.70. The molecule has 0 unspecified atom stereocenters. The lowest BCUT2D eigenvalue weighted by Crippen LogP contribution is -2.09. The standard InChI is InChI=1S/C31H31N/c1-4-8-28(27-9-6-5-7-10-27)23-26-15-21-31(22-16-26)32(29-17-11-24(2)12-18-29)30-19-13-25(3)14-20-30/h5-7,9-23H,4,8H2,1-3H3/b28-23-. The fourth-order valence-corrected chi connectivity index (χ4v) is 3.98. The summed E-state index contributed by atoms with van der Waals surface area (Å²) in [6.07, 6.45) is 4.53. The summed E-state index contributed by atoms with van der Waals surface area (Å²) >= 11 is 0. The van der Waals surface area contributed by atoms with Gasteiger partial charge in [-0.25, -0.2) is 0 Å². The molecule has 0 radical (unpaired) electrons.